The summed E-state index contributed by atoms with van der Waals surface area (Å²) in [7, 11) is 3.23. The highest BCUT2D eigenvalue weighted by Gasteiger charge is 2.31. The smallest absolute Gasteiger partial charge is 0.246 e. The lowest BCUT2D eigenvalue weighted by atomic mass is 9.94. The van der Waals surface area contributed by atoms with Crippen molar-refractivity contribution in [2.24, 2.45) is 5.41 Å². The predicted octanol–water partition coefficient (Wildman–Crippen LogP) is 2.97. The zero-order valence-electron chi connectivity index (χ0n) is 10.8. The molecule has 1 aromatic carbocycles. The molecule has 18 heavy (non-hydrogen) atoms. The average molecular weight is 311 g/mol. The van der Waals surface area contributed by atoms with Gasteiger partial charge in [0.2, 0.25) is 5.91 Å². The minimum Gasteiger partial charge on any atom is -0.496 e. The van der Waals surface area contributed by atoms with Gasteiger partial charge in [-0.1, -0.05) is 0 Å². The molecule has 5 heteroatoms. The predicted molar refractivity (Wildman–Crippen MR) is 73.5 cm³/mol. The topological polar surface area (TPSA) is 53.3 Å². The molecule has 1 rings (SSSR count). The molecule has 0 unspecified atom stereocenters. The summed E-state index contributed by atoms with van der Waals surface area (Å²) in [6.07, 6.45) is 0. The van der Waals surface area contributed by atoms with Gasteiger partial charge in [0, 0.05) is 12.7 Å². The number of methoxy groups -OCH3 is 1. The van der Waals surface area contributed by atoms with Gasteiger partial charge in [0.05, 0.1) is 17.7 Å². The number of nitriles is 1. The molecule has 0 fully saturated rings. The fourth-order valence-electron chi connectivity index (χ4n) is 1.45. The van der Waals surface area contributed by atoms with E-state index in [1.54, 1.807) is 46.2 Å². The Labute approximate surface area is 115 Å². The number of halogens is 1. The maximum absolute atomic E-state index is 12.1. The summed E-state index contributed by atoms with van der Waals surface area (Å²) in [4.78, 5) is 13.6. The number of nitrogens with zero attached hydrogens (tertiary/aromatic N) is 2. The van der Waals surface area contributed by atoms with E-state index in [4.69, 9.17) is 10.00 Å². The van der Waals surface area contributed by atoms with Crippen LogP contribution >= 0.6 is 15.9 Å². The summed E-state index contributed by atoms with van der Waals surface area (Å²) in [6, 6.07) is 7.32. The number of carbonyl (C=O) groups excluding carboxylic acids is 1. The molecule has 0 saturated heterocycles. The molecule has 0 radical (unpaired) electrons. The van der Waals surface area contributed by atoms with Gasteiger partial charge in [-0.05, 0) is 48.0 Å². The van der Waals surface area contributed by atoms with Gasteiger partial charge in [0.15, 0.2) is 0 Å². The van der Waals surface area contributed by atoms with E-state index in [2.05, 4.69) is 15.9 Å². The van der Waals surface area contributed by atoms with Gasteiger partial charge < -0.3 is 9.64 Å². The monoisotopic (exact) mass is 310 g/mol. The highest BCUT2D eigenvalue weighted by atomic mass is 79.9. The Morgan fingerprint density at radius 3 is 2.56 bits per heavy atom. The van der Waals surface area contributed by atoms with Crippen LogP contribution in [0.25, 0.3) is 0 Å². The third kappa shape index (κ3) is 2.82. The van der Waals surface area contributed by atoms with Crippen molar-refractivity contribution >= 4 is 27.5 Å². The van der Waals surface area contributed by atoms with E-state index in [1.165, 1.54) is 4.90 Å². The van der Waals surface area contributed by atoms with Crippen LogP contribution in [0.5, 0.6) is 5.75 Å². The Morgan fingerprint density at radius 1 is 1.50 bits per heavy atom. The number of rotatable bonds is 3. The molecule has 0 N–H and O–H groups in total. The largest absolute Gasteiger partial charge is 0.496 e. The number of hydrogen-bond acceptors (Lipinski definition) is 3. The van der Waals surface area contributed by atoms with Crippen LogP contribution in [0.4, 0.5) is 5.69 Å². The molecule has 0 aromatic heterocycles. The van der Waals surface area contributed by atoms with Crippen molar-refractivity contribution in [2.45, 2.75) is 13.8 Å². The second-order valence-electron chi connectivity index (χ2n) is 4.42. The van der Waals surface area contributed by atoms with E-state index in [0.717, 1.165) is 4.47 Å². The molecule has 0 saturated carbocycles. The van der Waals surface area contributed by atoms with Crippen LogP contribution in [-0.4, -0.2) is 20.1 Å². The SMILES string of the molecule is COc1ccc(N(C)C(=O)C(C)(C)C#N)cc1Br. The third-order valence-electron chi connectivity index (χ3n) is 2.64. The van der Waals surface area contributed by atoms with Gasteiger partial charge in [0.25, 0.3) is 0 Å². The zero-order chi connectivity index (χ0) is 13.9. The quantitative estimate of drug-likeness (QED) is 0.862. The fraction of sp³-hybridized carbons (Fsp3) is 0.385. The summed E-state index contributed by atoms with van der Waals surface area (Å²) in [5, 5.41) is 8.97. The lowest BCUT2D eigenvalue weighted by Gasteiger charge is -2.24. The van der Waals surface area contributed by atoms with Crippen molar-refractivity contribution in [2.75, 3.05) is 19.1 Å². The molecule has 0 atom stereocenters. The summed E-state index contributed by atoms with van der Waals surface area (Å²) >= 11 is 3.36. The van der Waals surface area contributed by atoms with Gasteiger partial charge in [-0.3, -0.25) is 4.79 Å². The van der Waals surface area contributed by atoms with Crippen molar-refractivity contribution in [3.63, 3.8) is 0 Å². The molecule has 0 aliphatic carbocycles. The first-order valence-electron chi connectivity index (χ1n) is 5.36. The van der Waals surface area contributed by atoms with Gasteiger partial charge in [0.1, 0.15) is 11.2 Å². The van der Waals surface area contributed by atoms with Crippen LogP contribution in [0.3, 0.4) is 0 Å². The van der Waals surface area contributed by atoms with E-state index in [0.29, 0.717) is 11.4 Å². The molecule has 4 nitrogen and oxygen atoms in total. The van der Waals surface area contributed by atoms with E-state index in [1.807, 2.05) is 6.07 Å². The number of anilines is 1. The minimum absolute atomic E-state index is 0.248. The Balaban J connectivity index is 3.06. The van der Waals surface area contributed by atoms with Gasteiger partial charge in [-0.2, -0.15) is 5.26 Å². The van der Waals surface area contributed by atoms with E-state index in [-0.39, 0.29) is 5.91 Å². The summed E-state index contributed by atoms with van der Waals surface area (Å²) in [5.41, 5.74) is -0.336. The van der Waals surface area contributed by atoms with Crippen LogP contribution in [0.2, 0.25) is 0 Å². The first-order valence-corrected chi connectivity index (χ1v) is 6.15. The first kappa shape index (κ1) is 14.5. The summed E-state index contributed by atoms with van der Waals surface area (Å²) in [6.45, 7) is 3.20. The molecule has 0 bridgehead atoms. The van der Waals surface area contributed by atoms with Crippen LogP contribution in [-0.2, 0) is 4.79 Å². The number of ether oxygens (including phenoxy) is 1. The maximum Gasteiger partial charge on any atom is 0.246 e. The lowest BCUT2D eigenvalue weighted by molar-refractivity contribution is -0.123. The van der Waals surface area contributed by atoms with Gasteiger partial charge in [-0.25, -0.2) is 0 Å². The molecule has 0 aliphatic heterocycles. The summed E-state index contributed by atoms with van der Waals surface area (Å²) < 4.78 is 5.89. The Bertz CT molecular complexity index is 506. The lowest BCUT2D eigenvalue weighted by Crippen LogP contribution is -2.37. The maximum atomic E-state index is 12.1. The van der Waals surface area contributed by atoms with Crippen molar-refractivity contribution in [3.05, 3.63) is 22.7 Å². The van der Waals surface area contributed by atoms with Crippen molar-refractivity contribution < 1.29 is 9.53 Å². The minimum atomic E-state index is -1.04. The standard InChI is InChI=1S/C13H15BrN2O2/c1-13(2,8-15)12(17)16(3)9-5-6-11(18-4)10(14)7-9/h5-7H,1-4H3. The zero-order valence-corrected chi connectivity index (χ0v) is 12.4. The van der Waals surface area contributed by atoms with Crippen LogP contribution in [0.1, 0.15) is 13.8 Å². The van der Waals surface area contributed by atoms with E-state index in [9.17, 15) is 4.79 Å². The Kier molecular flexibility index (Phi) is 4.36. The normalized spacial score (nSPS) is 10.7. The Morgan fingerprint density at radius 2 is 2.11 bits per heavy atom. The molecular formula is C13H15BrN2O2. The van der Waals surface area contributed by atoms with Crippen molar-refractivity contribution in [1.29, 1.82) is 5.26 Å². The van der Waals surface area contributed by atoms with E-state index < -0.39 is 5.41 Å². The van der Waals surface area contributed by atoms with E-state index >= 15 is 0 Å². The van der Waals surface area contributed by atoms with Gasteiger partial charge in [-0.15, -0.1) is 0 Å². The molecule has 96 valence electrons. The first-order chi connectivity index (χ1) is 8.33. The number of benzene rings is 1. The van der Waals surface area contributed by atoms with Crippen molar-refractivity contribution in [3.8, 4) is 11.8 Å². The number of carbonyl (C=O) groups is 1. The second-order valence-corrected chi connectivity index (χ2v) is 5.27. The van der Waals surface area contributed by atoms with Crippen LogP contribution in [0, 0.1) is 16.7 Å². The fourth-order valence-corrected chi connectivity index (χ4v) is 1.98. The third-order valence-corrected chi connectivity index (χ3v) is 3.26. The molecule has 1 amide bonds. The average Bonchev–Trinajstić information content (AvgIpc) is 2.36. The molecular weight excluding hydrogens is 296 g/mol. The highest BCUT2D eigenvalue weighted by molar-refractivity contribution is 9.10. The van der Waals surface area contributed by atoms with Crippen molar-refractivity contribution in [1.82, 2.24) is 0 Å². The molecule has 0 aliphatic rings. The Hall–Kier alpha value is -1.54. The van der Waals surface area contributed by atoms with Crippen LogP contribution < -0.4 is 9.64 Å². The second kappa shape index (κ2) is 5.40. The highest BCUT2D eigenvalue weighted by Crippen LogP contribution is 2.30. The summed E-state index contributed by atoms with van der Waals surface area (Å²) in [5.74, 6) is 0.446. The van der Waals surface area contributed by atoms with Crippen LogP contribution in [0.15, 0.2) is 22.7 Å². The molecule has 0 spiro atoms. The number of hydrogen-bond donors (Lipinski definition) is 0. The molecule has 1 aromatic rings. The molecule has 0 heterocycles. The number of amides is 1. The van der Waals surface area contributed by atoms with Gasteiger partial charge >= 0.3 is 0 Å².